The van der Waals surface area contributed by atoms with Crippen LogP contribution in [0, 0.1) is 0 Å². The van der Waals surface area contributed by atoms with E-state index in [0.29, 0.717) is 19.8 Å². The first-order valence-electron chi connectivity index (χ1n) is 7.89. The van der Waals surface area contributed by atoms with Gasteiger partial charge in [0.05, 0.1) is 19.3 Å². The fourth-order valence-corrected chi connectivity index (χ4v) is 3.20. The molecule has 1 aromatic carbocycles. The number of halogens is 1. The SMILES string of the molecule is CN(C)CCc1c[nH]c2cccc(C3COCCN3C(=O)O)c12.Cl. The van der Waals surface area contributed by atoms with Gasteiger partial charge in [0.15, 0.2) is 0 Å². The monoisotopic (exact) mass is 353 g/mol. The van der Waals surface area contributed by atoms with Gasteiger partial charge in [-0.2, -0.15) is 0 Å². The molecule has 2 heterocycles. The summed E-state index contributed by atoms with van der Waals surface area (Å²) in [5, 5.41) is 10.6. The zero-order valence-electron chi connectivity index (χ0n) is 14.0. The predicted molar refractivity (Wildman–Crippen MR) is 96.1 cm³/mol. The zero-order chi connectivity index (χ0) is 16.4. The van der Waals surface area contributed by atoms with Gasteiger partial charge < -0.3 is 19.7 Å². The molecule has 3 rings (SSSR count). The van der Waals surface area contributed by atoms with Crippen molar-refractivity contribution in [3.8, 4) is 0 Å². The summed E-state index contributed by atoms with van der Waals surface area (Å²) < 4.78 is 5.56. The number of fused-ring (bicyclic) bond motifs is 1. The highest BCUT2D eigenvalue weighted by molar-refractivity contribution is 5.87. The van der Waals surface area contributed by atoms with Gasteiger partial charge in [-0.1, -0.05) is 12.1 Å². The molecule has 0 bridgehead atoms. The van der Waals surface area contributed by atoms with E-state index in [0.717, 1.165) is 29.4 Å². The minimum Gasteiger partial charge on any atom is -0.465 e. The van der Waals surface area contributed by atoms with Crippen molar-refractivity contribution in [1.29, 1.82) is 0 Å². The molecule has 0 saturated carbocycles. The summed E-state index contributed by atoms with van der Waals surface area (Å²) in [5.74, 6) is 0. The van der Waals surface area contributed by atoms with E-state index in [4.69, 9.17) is 4.74 Å². The fourth-order valence-electron chi connectivity index (χ4n) is 3.20. The van der Waals surface area contributed by atoms with Crippen LogP contribution in [0.4, 0.5) is 4.79 Å². The summed E-state index contributed by atoms with van der Waals surface area (Å²) in [5.41, 5.74) is 3.30. The highest BCUT2D eigenvalue weighted by Gasteiger charge is 2.30. The van der Waals surface area contributed by atoms with Crippen LogP contribution in [-0.4, -0.2) is 66.4 Å². The molecule has 1 fully saturated rings. The van der Waals surface area contributed by atoms with E-state index in [1.54, 1.807) is 0 Å². The normalized spacial score (nSPS) is 18.0. The van der Waals surface area contributed by atoms with Gasteiger partial charge in [-0.3, -0.25) is 4.90 Å². The third kappa shape index (κ3) is 3.66. The first kappa shape index (κ1) is 18.6. The van der Waals surface area contributed by atoms with Crippen molar-refractivity contribution >= 4 is 29.4 Å². The van der Waals surface area contributed by atoms with Crippen LogP contribution in [0.3, 0.4) is 0 Å². The van der Waals surface area contributed by atoms with Crippen LogP contribution in [-0.2, 0) is 11.2 Å². The summed E-state index contributed by atoms with van der Waals surface area (Å²) in [7, 11) is 4.10. The maximum absolute atomic E-state index is 11.6. The molecule has 0 aliphatic carbocycles. The highest BCUT2D eigenvalue weighted by atomic mass is 35.5. The summed E-state index contributed by atoms with van der Waals surface area (Å²) >= 11 is 0. The van der Waals surface area contributed by atoms with Crippen molar-refractivity contribution in [3.63, 3.8) is 0 Å². The van der Waals surface area contributed by atoms with Crippen LogP contribution in [0.2, 0.25) is 0 Å². The third-order valence-electron chi connectivity index (χ3n) is 4.38. The van der Waals surface area contributed by atoms with Crippen LogP contribution >= 0.6 is 12.4 Å². The summed E-state index contributed by atoms with van der Waals surface area (Å²) in [6.07, 6.45) is 2.07. The van der Waals surface area contributed by atoms with Crippen molar-refractivity contribution < 1.29 is 14.6 Å². The molecule has 24 heavy (non-hydrogen) atoms. The Kier molecular flexibility index (Phi) is 6.10. The Bertz CT molecular complexity index is 701. The lowest BCUT2D eigenvalue weighted by molar-refractivity contribution is -0.000433. The number of morpholine rings is 1. The predicted octanol–water partition coefficient (Wildman–Crippen LogP) is 2.75. The molecule has 1 amide bonds. The summed E-state index contributed by atoms with van der Waals surface area (Å²) in [6.45, 7) is 2.22. The van der Waals surface area contributed by atoms with Gasteiger partial charge in [0, 0.05) is 30.2 Å². The fraction of sp³-hybridized carbons (Fsp3) is 0.471. The lowest BCUT2D eigenvalue weighted by Gasteiger charge is -2.34. The topological polar surface area (TPSA) is 68.8 Å². The molecule has 6 nitrogen and oxygen atoms in total. The second-order valence-corrected chi connectivity index (χ2v) is 6.20. The number of H-pyrrole nitrogens is 1. The van der Waals surface area contributed by atoms with Crippen LogP contribution in [0.1, 0.15) is 17.2 Å². The number of likely N-dealkylation sites (N-methyl/N-ethyl adjacent to an activating group) is 1. The number of hydrogen-bond donors (Lipinski definition) is 2. The van der Waals surface area contributed by atoms with Gasteiger partial charge >= 0.3 is 6.09 Å². The van der Waals surface area contributed by atoms with E-state index in [1.807, 2.05) is 24.4 Å². The number of ether oxygens (including phenoxy) is 1. The van der Waals surface area contributed by atoms with Gasteiger partial charge in [0.2, 0.25) is 0 Å². The average Bonchev–Trinajstić information content (AvgIpc) is 2.96. The Morgan fingerprint density at radius 2 is 2.25 bits per heavy atom. The van der Waals surface area contributed by atoms with E-state index in [-0.39, 0.29) is 18.4 Å². The maximum atomic E-state index is 11.6. The van der Waals surface area contributed by atoms with Gasteiger partial charge in [-0.15, -0.1) is 12.4 Å². The molecule has 1 saturated heterocycles. The zero-order valence-corrected chi connectivity index (χ0v) is 14.8. The second kappa shape index (κ2) is 7.88. The molecule has 7 heteroatoms. The lowest BCUT2D eigenvalue weighted by atomic mass is 9.97. The second-order valence-electron chi connectivity index (χ2n) is 6.20. The molecule has 1 unspecified atom stereocenters. The van der Waals surface area contributed by atoms with Gasteiger partial charge in [-0.25, -0.2) is 4.79 Å². The quantitative estimate of drug-likeness (QED) is 0.886. The molecule has 2 aromatic rings. The van der Waals surface area contributed by atoms with Crippen molar-refractivity contribution in [3.05, 3.63) is 35.5 Å². The Morgan fingerprint density at radius 1 is 1.46 bits per heavy atom. The molecule has 1 atom stereocenters. The number of benzene rings is 1. The molecular weight excluding hydrogens is 330 g/mol. The Morgan fingerprint density at radius 3 is 2.96 bits per heavy atom. The third-order valence-corrected chi connectivity index (χ3v) is 4.38. The van der Waals surface area contributed by atoms with E-state index in [2.05, 4.69) is 24.0 Å². The molecule has 1 aromatic heterocycles. The molecule has 0 radical (unpaired) electrons. The van der Waals surface area contributed by atoms with Crippen LogP contribution in [0.5, 0.6) is 0 Å². The van der Waals surface area contributed by atoms with Crippen LogP contribution < -0.4 is 0 Å². The van der Waals surface area contributed by atoms with Crippen molar-refractivity contribution in [2.24, 2.45) is 0 Å². The van der Waals surface area contributed by atoms with Crippen molar-refractivity contribution in [2.75, 3.05) is 40.4 Å². The number of carbonyl (C=O) groups is 1. The van der Waals surface area contributed by atoms with Crippen LogP contribution in [0.15, 0.2) is 24.4 Å². The molecular formula is C17H24ClN3O3. The molecule has 132 valence electrons. The van der Waals surface area contributed by atoms with Gasteiger partial charge in [0.25, 0.3) is 0 Å². The van der Waals surface area contributed by atoms with Crippen molar-refractivity contribution in [1.82, 2.24) is 14.8 Å². The maximum Gasteiger partial charge on any atom is 0.407 e. The van der Waals surface area contributed by atoms with Crippen molar-refractivity contribution in [2.45, 2.75) is 12.5 Å². The molecule has 0 spiro atoms. The van der Waals surface area contributed by atoms with E-state index >= 15 is 0 Å². The largest absolute Gasteiger partial charge is 0.465 e. The standard InChI is InChI=1S/C17H23N3O3.ClH/c1-19(2)7-6-12-10-18-14-5-3-4-13(16(12)14)15-11-23-9-8-20(15)17(21)22;/h3-5,10,15,18H,6-9,11H2,1-2H3,(H,21,22);1H. The number of nitrogens with zero attached hydrogens (tertiary/aromatic N) is 2. The smallest absolute Gasteiger partial charge is 0.407 e. The van der Waals surface area contributed by atoms with E-state index < -0.39 is 6.09 Å². The Hall–Kier alpha value is -1.76. The van der Waals surface area contributed by atoms with E-state index in [9.17, 15) is 9.90 Å². The molecule has 2 N–H and O–H groups in total. The highest BCUT2D eigenvalue weighted by Crippen LogP contribution is 2.32. The number of nitrogens with one attached hydrogen (secondary N) is 1. The summed E-state index contributed by atoms with van der Waals surface area (Å²) in [4.78, 5) is 18.5. The average molecular weight is 354 g/mol. The minimum absolute atomic E-state index is 0. The Labute approximate surface area is 147 Å². The first-order valence-corrected chi connectivity index (χ1v) is 7.89. The number of carboxylic acid groups (broad SMARTS) is 1. The number of amides is 1. The molecule has 1 aliphatic heterocycles. The number of aromatic amines is 1. The van der Waals surface area contributed by atoms with Crippen LogP contribution in [0.25, 0.3) is 10.9 Å². The Balaban J connectivity index is 0.00000208. The number of aromatic nitrogens is 1. The van der Waals surface area contributed by atoms with Gasteiger partial charge in [-0.05, 0) is 37.7 Å². The number of rotatable bonds is 4. The van der Waals surface area contributed by atoms with E-state index in [1.165, 1.54) is 10.5 Å². The number of hydrogen-bond acceptors (Lipinski definition) is 3. The minimum atomic E-state index is -0.888. The lowest BCUT2D eigenvalue weighted by Crippen LogP contribution is -2.42. The van der Waals surface area contributed by atoms with Gasteiger partial charge in [0.1, 0.15) is 0 Å². The first-order chi connectivity index (χ1) is 11.1. The summed E-state index contributed by atoms with van der Waals surface area (Å²) in [6, 6.07) is 5.77. The molecule has 1 aliphatic rings.